The molecule has 0 unspecified atom stereocenters. The van der Waals surface area contributed by atoms with Crippen molar-refractivity contribution in [1.82, 2.24) is 4.98 Å². The second-order valence-corrected chi connectivity index (χ2v) is 4.98. The number of aryl methyl sites for hydroxylation is 1. The lowest BCUT2D eigenvalue weighted by atomic mass is 10.0. The minimum Gasteiger partial charge on any atom is -0.375 e. The maximum absolute atomic E-state index is 13.0. The van der Waals surface area contributed by atoms with Crippen LogP contribution in [-0.2, 0) is 12.8 Å². The molecule has 1 aromatic heterocycles. The Bertz CT molecular complexity index is 613. The second-order valence-electron chi connectivity index (χ2n) is 3.87. The molecule has 1 heterocycles. The molecular weight excluding hydrogens is 249 g/mol. The van der Waals surface area contributed by atoms with Gasteiger partial charge >= 0.3 is 0 Å². The van der Waals surface area contributed by atoms with E-state index in [1.165, 1.54) is 23.5 Å². The third-order valence-electron chi connectivity index (χ3n) is 2.67. The first kappa shape index (κ1) is 12.5. The maximum atomic E-state index is 13.0. The molecule has 2 rings (SSSR count). The Balaban J connectivity index is 2.37. The number of hydrogen-bond donors (Lipinski definition) is 1. The molecule has 0 bridgehead atoms. The summed E-state index contributed by atoms with van der Waals surface area (Å²) in [5.74, 6) is -0.394. The van der Waals surface area contributed by atoms with Gasteiger partial charge in [0.2, 0.25) is 0 Å². The molecule has 18 heavy (non-hydrogen) atoms. The van der Waals surface area contributed by atoms with Gasteiger partial charge in [-0.1, -0.05) is 13.0 Å². The summed E-state index contributed by atoms with van der Waals surface area (Å²) in [6, 6.07) is 6.28. The lowest BCUT2D eigenvalue weighted by molar-refractivity contribution is 0.626. The third kappa shape index (κ3) is 2.49. The predicted octanol–water partition coefficient (Wildman–Crippen LogP) is 2.89. The summed E-state index contributed by atoms with van der Waals surface area (Å²) >= 11 is 1.42. The number of halogens is 1. The molecule has 0 aliphatic carbocycles. The number of hydrogen-bond acceptors (Lipinski definition) is 4. The minimum absolute atomic E-state index is 0.365. The van der Waals surface area contributed by atoms with Gasteiger partial charge in [-0.15, -0.1) is 11.3 Å². The molecule has 0 saturated carbocycles. The molecule has 0 aliphatic heterocycles. The summed E-state index contributed by atoms with van der Waals surface area (Å²) < 4.78 is 13.0. The number of aromatic nitrogens is 1. The Kier molecular flexibility index (Phi) is 3.58. The largest absolute Gasteiger partial charge is 0.375 e. The van der Waals surface area contributed by atoms with E-state index in [0.29, 0.717) is 17.1 Å². The summed E-state index contributed by atoms with van der Waals surface area (Å²) in [5.41, 5.74) is 7.80. The zero-order chi connectivity index (χ0) is 13.1. The van der Waals surface area contributed by atoms with Crippen LogP contribution in [0.1, 0.15) is 28.6 Å². The van der Waals surface area contributed by atoms with Crippen molar-refractivity contribution in [2.45, 2.75) is 19.8 Å². The van der Waals surface area contributed by atoms with Gasteiger partial charge in [-0.3, -0.25) is 0 Å². The standard InChI is InChI=1S/C13H12FN3S/c1-2-11-12(18-13(16)17-11)6-8-3-4-10(14)5-9(8)7-15/h3-5H,2,6H2,1H3,(H2,16,17). The van der Waals surface area contributed by atoms with E-state index in [1.54, 1.807) is 6.07 Å². The molecular formula is C13H12FN3S. The first-order chi connectivity index (χ1) is 8.63. The number of benzene rings is 1. The molecule has 3 nitrogen and oxygen atoms in total. The molecule has 2 N–H and O–H groups in total. The molecule has 0 amide bonds. The summed E-state index contributed by atoms with van der Waals surface area (Å²) in [4.78, 5) is 5.28. The van der Waals surface area contributed by atoms with Gasteiger partial charge < -0.3 is 5.73 Å². The van der Waals surface area contributed by atoms with Crippen molar-refractivity contribution in [2.75, 3.05) is 5.73 Å². The van der Waals surface area contributed by atoms with Crippen molar-refractivity contribution in [3.8, 4) is 6.07 Å². The van der Waals surface area contributed by atoms with Crippen LogP contribution in [0.25, 0.3) is 0 Å². The normalized spacial score (nSPS) is 10.3. The third-order valence-corrected chi connectivity index (χ3v) is 3.60. The number of rotatable bonds is 3. The van der Waals surface area contributed by atoms with Gasteiger partial charge in [0.25, 0.3) is 0 Å². The molecule has 0 spiro atoms. The van der Waals surface area contributed by atoms with Crippen LogP contribution >= 0.6 is 11.3 Å². The van der Waals surface area contributed by atoms with Crippen molar-refractivity contribution < 1.29 is 4.39 Å². The van der Waals surface area contributed by atoms with Crippen molar-refractivity contribution in [3.63, 3.8) is 0 Å². The van der Waals surface area contributed by atoms with Crippen LogP contribution in [0.3, 0.4) is 0 Å². The Morgan fingerprint density at radius 2 is 2.28 bits per heavy atom. The SMILES string of the molecule is CCc1nc(N)sc1Cc1ccc(F)cc1C#N. The van der Waals surface area contributed by atoms with E-state index >= 15 is 0 Å². The van der Waals surface area contributed by atoms with E-state index in [0.717, 1.165) is 22.6 Å². The fraction of sp³-hybridized carbons (Fsp3) is 0.231. The van der Waals surface area contributed by atoms with Crippen molar-refractivity contribution in [2.24, 2.45) is 0 Å². The Labute approximate surface area is 109 Å². The van der Waals surface area contributed by atoms with Crippen molar-refractivity contribution >= 4 is 16.5 Å². The number of thiazole rings is 1. The molecule has 2 aromatic rings. The lowest BCUT2D eigenvalue weighted by Gasteiger charge is -2.03. The number of anilines is 1. The lowest BCUT2D eigenvalue weighted by Crippen LogP contribution is -1.95. The molecule has 5 heteroatoms. The van der Waals surface area contributed by atoms with Crippen LogP contribution < -0.4 is 5.73 Å². The first-order valence-corrected chi connectivity index (χ1v) is 6.38. The fourth-order valence-corrected chi connectivity index (χ4v) is 2.74. The Morgan fingerprint density at radius 1 is 1.50 bits per heavy atom. The second kappa shape index (κ2) is 5.15. The van der Waals surface area contributed by atoms with Gasteiger partial charge in [-0.2, -0.15) is 5.26 Å². The monoisotopic (exact) mass is 261 g/mol. The van der Waals surface area contributed by atoms with Crippen molar-refractivity contribution in [1.29, 1.82) is 5.26 Å². The highest BCUT2D eigenvalue weighted by Crippen LogP contribution is 2.25. The zero-order valence-corrected chi connectivity index (χ0v) is 10.7. The van der Waals surface area contributed by atoms with E-state index in [4.69, 9.17) is 11.0 Å². The van der Waals surface area contributed by atoms with Crippen molar-refractivity contribution in [3.05, 3.63) is 45.7 Å². The zero-order valence-electron chi connectivity index (χ0n) is 9.90. The van der Waals surface area contributed by atoms with Gasteiger partial charge in [0.1, 0.15) is 5.82 Å². The van der Waals surface area contributed by atoms with Crippen LogP contribution in [0.4, 0.5) is 9.52 Å². The van der Waals surface area contributed by atoms with Gasteiger partial charge in [0.15, 0.2) is 5.13 Å². The topological polar surface area (TPSA) is 62.7 Å². The summed E-state index contributed by atoms with van der Waals surface area (Å²) in [7, 11) is 0. The highest BCUT2D eigenvalue weighted by molar-refractivity contribution is 7.15. The van der Waals surface area contributed by atoms with Gasteiger partial charge in [0, 0.05) is 11.3 Å². The highest BCUT2D eigenvalue weighted by Gasteiger charge is 2.11. The molecule has 0 saturated heterocycles. The molecule has 0 fully saturated rings. The van der Waals surface area contributed by atoms with Crippen LogP contribution in [0.2, 0.25) is 0 Å². The smallest absolute Gasteiger partial charge is 0.180 e. The number of nitrogens with two attached hydrogens (primary N) is 1. The van der Waals surface area contributed by atoms with Crippen LogP contribution in [0.5, 0.6) is 0 Å². The van der Waals surface area contributed by atoms with E-state index in [1.807, 2.05) is 13.0 Å². The number of nitriles is 1. The fourth-order valence-electron chi connectivity index (χ4n) is 1.80. The molecule has 1 aromatic carbocycles. The average Bonchev–Trinajstić information content (AvgIpc) is 2.71. The first-order valence-electron chi connectivity index (χ1n) is 5.56. The average molecular weight is 261 g/mol. The summed E-state index contributed by atoms with van der Waals surface area (Å²) in [6.07, 6.45) is 1.37. The highest BCUT2D eigenvalue weighted by atomic mass is 32.1. The molecule has 92 valence electrons. The van der Waals surface area contributed by atoms with E-state index in [-0.39, 0.29) is 0 Å². The summed E-state index contributed by atoms with van der Waals surface area (Å²) in [5, 5.41) is 9.53. The van der Waals surface area contributed by atoms with Gasteiger partial charge in [0.05, 0.1) is 17.3 Å². The van der Waals surface area contributed by atoms with Crippen LogP contribution in [0.15, 0.2) is 18.2 Å². The molecule has 0 aliphatic rings. The van der Waals surface area contributed by atoms with Gasteiger partial charge in [-0.05, 0) is 24.1 Å². The van der Waals surface area contributed by atoms with E-state index in [2.05, 4.69) is 4.98 Å². The van der Waals surface area contributed by atoms with E-state index < -0.39 is 5.82 Å². The van der Waals surface area contributed by atoms with Gasteiger partial charge in [-0.25, -0.2) is 9.37 Å². The Hall–Kier alpha value is -1.93. The molecule has 0 atom stereocenters. The Morgan fingerprint density at radius 3 is 2.94 bits per heavy atom. The predicted molar refractivity (Wildman–Crippen MR) is 69.8 cm³/mol. The number of nitrogens with zero attached hydrogens (tertiary/aromatic N) is 2. The minimum atomic E-state index is -0.394. The number of nitrogen functional groups attached to an aromatic ring is 1. The quantitative estimate of drug-likeness (QED) is 0.924. The summed E-state index contributed by atoms with van der Waals surface area (Å²) in [6.45, 7) is 2.01. The van der Waals surface area contributed by atoms with Crippen LogP contribution in [0, 0.1) is 17.1 Å². The van der Waals surface area contributed by atoms with E-state index in [9.17, 15) is 4.39 Å². The van der Waals surface area contributed by atoms with Crippen LogP contribution in [-0.4, -0.2) is 4.98 Å². The maximum Gasteiger partial charge on any atom is 0.180 e. The molecule has 0 radical (unpaired) electrons.